The molecule has 186 valence electrons. The van der Waals surface area contributed by atoms with Gasteiger partial charge in [0.2, 0.25) is 5.91 Å². The second kappa shape index (κ2) is 10.5. The van der Waals surface area contributed by atoms with Crippen LogP contribution in [-0.2, 0) is 14.3 Å². The Balaban J connectivity index is 1.29. The first-order valence-electron chi connectivity index (χ1n) is 12.4. The number of rotatable bonds is 9. The van der Waals surface area contributed by atoms with Crippen molar-refractivity contribution >= 4 is 18.0 Å². The highest BCUT2D eigenvalue weighted by molar-refractivity contribution is 5.80. The number of alkyl carbamates (subject to hydrolysis) is 1. The third-order valence-corrected chi connectivity index (χ3v) is 7.27. The first-order valence-corrected chi connectivity index (χ1v) is 12.4. The molecule has 7 heteroatoms. The van der Waals surface area contributed by atoms with Crippen LogP contribution < -0.4 is 10.6 Å². The predicted octanol–water partition coefficient (Wildman–Crippen LogP) is 4.70. The number of ether oxygens (including phenoxy) is 1. The summed E-state index contributed by atoms with van der Waals surface area (Å²) in [6.45, 7) is 4.32. The number of carboxylic acids is 1. The molecule has 1 saturated carbocycles. The SMILES string of the molecule is CC(C)(CCC(=O)O)NC(=O)C1CCCC1CNC(=O)OCC1c2ccccc2-c2ccccc21. The second-order valence-electron chi connectivity index (χ2n) is 10.3. The summed E-state index contributed by atoms with van der Waals surface area (Å²) >= 11 is 0. The Labute approximate surface area is 206 Å². The first kappa shape index (κ1) is 24.8. The molecular formula is C28H34N2O5. The average molecular weight is 479 g/mol. The van der Waals surface area contributed by atoms with Gasteiger partial charge in [-0.05, 0) is 61.3 Å². The van der Waals surface area contributed by atoms with Gasteiger partial charge in [-0.2, -0.15) is 0 Å². The lowest BCUT2D eigenvalue weighted by atomic mass is 9.92. The minimum atomic E-state index is -0.877. The summed E-state index contributed by atoms with van der Waals surface area (Å²) in [4.78, 5) is 36.3. The summed E-state index contributed by atoms with van der Waals surface area (Å²) in [5, 5.41) is 14.8. The molecule has 2 aromatic rings. The van der Waals surface area contributed by atoms with Gasteiger partial charge in [-0.1, -0.05) is 55.0 Å². The molecule has 35 heavy (non-hydrogen) atoms. The zero-order valence-corrected chi connectivity index (χ0v) is 20.4. The van der Waals surface area contributed by atoms with Crippen LogP contribution in [-0.4, -0.2) is 41.8 Å². The number of carbonyl (C=O) groups is 3. The summed E-state index contributed by atoms with van der Waals surface area (Å²) < 4.78 is 5.62. The van der Waals surface area contributed by atoms with Crippen LogP contribution in [0.25, 0.3) is 11.1 Å². The zero-order chi connectivity index (χ0) is 25.0. The molecule has 0 bridgehead atoms. The normalized spacial score (nSPS) is 19.0. The Morgan fingerprint density at radius 1 is 1.00 bits per heavy atom. The molecule has 0 saturated heterocycles. The Bertz CT molecular complexity index is 1050. The van der Waals surface area contributed by atoms with Gasteiger partial charge in [0.05, 0.1) is 0 Å². The molecule has 3 N–H and O–H groups in total. The van der Waals surface area contributed by atoms with Gasteiger partial charge in [0.1, 0.15) is 6.61 Å². The van der Waals surface area contributed by atoms with Crippen molar-refractivity contribution in [3.8, 4) is 11.1 Å². The van der Waals surface area contributed by atoms with E-state index in [1.165, 1.54) is 22.3 Å². The van der Waals surface area contributed by atoms with Gasteiger partial charge in [-0.3, -0.25) is 9.59 Å². The quantitative estimate of drug-likeness (QED) is 0.485. The van der Waals surface area contributed by atoms with Crippen LogP contribution in [0.3, 0.4) is 0 Å². The molecular weight excluding hydrogens is 444 g/mol. The van der Waals surface area contributed by atoms with Crippen LogP contribution >= 0.6 is 0 Å². The fraction of sp³-hybridized carbons (Fsp3) is 0.464. The molecule has 2 aliphatic rings. The molecule has 0 radical (unpaired) electrons. The van der Waals surface area contributed by atoms with Crippen molar-refractivity contribution in [2.75, 3.05) is 13.2 Å². The molecule has 7 nitrogen and oxygen atoms in total. The van der Waals surface area contributed by atoms with Crippen molar-refractivity contribution in [2.45, 2.75) is 57.4 Å². The number of amides is 2. The third-order valence-electron chi connectivity index (χ3n) is 7.27. The van der Waals surface area contributed by atoms with Crippen LogP contribution in [0.2, 0.25) is 0 Å². The van der Waals surface area contributed by atoms with Gasteiger partial charge in [0, 0.05) is 30.3 Å². The van der Waals surface area contributed by atoms with Crippen LogP contribution in [0, 0.1) is 11.8 Å². The molecule has 2 aliphatic carbocycles. The van der Waals surface area contributed by atoms with Crippen molar-refractivity contribution < 1.29 is 24.2 Å². The minimum Gasteiger partial charge on any atom is -0.481 e. The van der Waals surface area contributed by atoms with E-state index in [2.05, 4.69) is 34.9 Å². The lowest BCUT2D eigenvalue weighted by Gasteiger charge is -2.29. The Kier molecular flexibility index (Phi) is 7.43. The summed E-state index contributed by atoms with van der Waals surface area (Å²) in [6, 6.07) is 16.4. The Morgan fingerprint density at radius 3 is 2.26 bits per heavy atom. The number of hydrogen-bond acceptors (Lipinski definition) is 4. The summed E-state index contributed by atoms with van der Waals surface area (Å²) in [7, 11) is 0. The van der Waals surface area contributed by atoms with Gasteiger partial charge in [0.25, 0.3) is 0 Å². The number of fused-ring (bicyclic) bond motifs is 3. The van der Waals surface area contributed by atoms with E-state index >= 15 is 0 Å². The maximum Gasteiger partial charge on any atom is 0.407 e. The number of hydrogen-bond donors (Lipinski definition) is 3. The van der Waals surface area contributed by atoms with Crippen molar-refractivity contribution in [3.05, 3.63) is 59.7 Å². The monoisotopic (exact) mass is 478 g/mol. The Morgan fingerprint density at radius 2 is 1.63 bits per heavy atom. The topological polar surface area (TPSA) is 105 Å². The first-order chi connectivity index (χ1) is 16.7. The molecule has 1 fully saturated rings. The highest BCUT2D eigenvalue weighted by atomic mass is 16.5. The molecule has 0 spiro atoms. The standard InChI is InChI=1S/C28H34N2O5/c1-28(2,15-14-25(31)32)30-26(33)19-13-7-8-18(19)16-29-27(34)35-17-24-22-11-5-3-9-20(22)21-10-4-6-12-23(21)24/h3-6,9-12,18-19,24H,7-8,13-17H2,1-2H3,(H,29,34)(H,30,33)(H,31,32). The van der Waals surface area contributed by atoms with Crippen molar-refractivity contribution in [1.29, 1.82) is 0 Å². The van der Waals surface area contributed by atoms with Gasteiger partial charge in [0.15, 0.2) is 0 Å². The van der Waals surface area contributed by atoms with Crippen LogP contribution in [0.5, 0.6) is 0 Å². The smallest absolute Gasteiger partial charge is 0.407 e. The Hall–Kier alpha value is -3.35. The highest BCUT2D eigenvalue weighted by Gasteiger charge is 2.36. The maximum absolute atomic E-state index is 12.9. The fourth-order valence-electron chi connectivity index (χ4n) is 5.40. The molecule has 2 atom stereocenters. The van der Waals surface area contributed by atoms with E-state index in [-0.39, 0.29) is 36.7 Å². The van der Waals surface area contributed by atoms with E-state index in [0.29, 0.717) is 13.0 Å². The molecule has 0 aromatic heterocycles. The average Bonchev–Trinajstić information content (AvgIpc) is 3.43. The number of benzene rings is 2. The summed E-state index contributed by atoms with van der Waals surface area (Å²) in [5.41, 5.74) is 4.11. The molecule has 0 heterocycles. The molecule has 0 aliphatic heterocycles. The van der Waals surface area contributed by atoms with Gasteiger partial charge < -0.3 is 20.5 Å². The number of aliphatic carboxylic acids is 1. The van der Waals surface area contributed by atoms with E-state index in [4.69, 9.17) is 9.84 Å². The minimum absolute atomic E-state index is 0.00468. The van der Waals surface area contributed by atoms with E-state index in [1.54, 1.807) is 0 Å². The van der Waals surface area contributed by atoms with Crippen LogP contribution in [0.15, 0.2) is 48.5 Å². The van der Waals surface area contributed by atoms with E-state index in [0.717, 1.165) is 19.3 Å². The van der Waals surface area contributed by atoms with Crippen LogP contribution in [0.4, 0.5) is 4.79 Å². The van der Waals surface area contributed by atoms with Crippen molar-refractivity contribution in [3.63, 3.8) is 0 Å². The van der Waals surface area contributed by atoms with E-state index < -0.39 is 17.6 Å². The van der Waals surface area contributed by atoms with Gasteiger partial charge in [-0.15, -0.1) is 0 Å². The largest absolute Gasteiger partial charge is 0.481 e. The maximum atomic E-state index is 12.9. The van der Waals surface area contributed by atoms with Crippen molar-refractivity contribution in [2.24, 2.45) is 11.8 Å². The number of carboxylic acid groups (broad SMARTS) is 1. The molecule has 2 aromatic carbocycles. The van der Waals surface area contributed by atoms with Crippen molar-refractivity contribution in [1.82, 2.24) is 10.6 Å². The number of nitrogens with one attached hydrogen (secondary N) is 2. The fourth-order valence-corrected chi connectivity index (χ4v) is 5.40. The predicted molar refractivity (Wildman–Crippen MR) is 133 cm³/mol. The lowest BCUT2D eigenvalue weighted by molar-refractivity contribution is -0.138. The highest BCUT2D eigenvalue weighted by Crippen LogP contribution is 2.44. The zero-order valence-electron chi connectivity index (χ0n) is 20.4. The van der Waals surface area contributed by atoms with Gasteiger partial charge in [-0.25, -0.2) is 4.79 Å². The van der Waals surface area contributed by atoms with Crippen LogP contribution in [0.1, 0.15) is 63.0 Å². The molecule has 2 unspecified atom stereocenters. The number of carbonyl (C=O) groups excluding carboxylic acids is 2. The third kappa shape index (κ3) is 5.84. The van der Waals surface area contributed by atoms with Gasteiger partial charge >= 0.3 is 12.1 Å². The van der Waals surface area contributed by atoms with E-state index in [9.17, 15) is 14.4 Å². The summed E-state index contributed by atoms with van der Waals surface area (Å²) in [5.74, 6) is -1.11. The van der Waals surface area contributed by atoms with E-state index in [1.807, 2.05) is 38.1 Å². The lowest BCUT2D eigenvalue weighted by Crippen LogP contribution is -2.48. The molecule has 2 amide bonds. The molecule has 4 rings (SSSR count). The summed E-state index contributed by atoms with van der Waals surface area (Å²) in [6.07, 6.45) is 2.44. The second-order valence-corrected chi connectivity index (χ2v) is 10.3.